The van der Waals surface area contributed by atoms with Gasteiger partial charge < -0.3 is 20.4 Å². The van der Waals surface area contributed by atoms with Crippen molar-refractivity contribution in [2.45, 2.75) is 45.3 Å². The van der Waals surface area contributed by atoms with Gasteiger partial charge in [0, 0.05) is 12.5 Å². The summed E-state index contributed by atoms with van der Waals surface area (Å²) in [5.41, 5.74) is -0.288. The van der Waals surface area contributed by atoms with Crippen molar-refractivity contribution >= 4 is 31.2 Å². The molecular formula is C11H18N2O8S3. The summed E-state index contributed by atoms with van der Waals surface area (Å²) in [6.07, 6.45) is 0. The Balaban J connectivity index is 2.85. The van der Waals surface area contributed by atoms with Crippen molar-refractivity contribution in [2.75, 3.05) is 7.05 Å². The monoisotopic (exact) mass is 402 g/mol. The van der Waals surface area contributed by atoms with E-state index in [0.29, 0.717) is 11.3 Å². The summed E-state index contributed by atoms with van der Waals surface area (Å²) in [7, 11) is -7.39. The molecule has 138 valence electrons. The minimum Gasteiger partial charge on any atom is -0.363 e. The van der Waals surface area contributed by atoms with Gasteiger partial charge in [0.15, 0.2) is 9.84 Å². The van der Waals surface area contributed by atoms with Crippen LogP contribution in [0.5, 0.6) is 0 Å². The molecule has 2 unspecified atom stereocenters. The number of nitrogens with two attached hydrogens (primary N) is 1. The SMILES string of the molecule is CC1C(O)(O)C(N(C)C(C)(O)O)c2cc(S(N)(=O)=O)sc2S1(=O)=O. The van der Waals surface area contributed by atoms with Gasteiger partial charge in [-0.25, -0.2) is 26.9 Å². The maximum Gasteiger partial charge on any atom is 0.247 e. The molecule has 1 aromatic rings. The average molecular weight is 402 g/mol. The Bertz CT molecular complexity index is 866. The molecule has 1 aliphatic rings. The first kappa shape index (κ1) is 19.7. The van der Waals surface area contributed by atoms with E-state index < -0.39 is 51.3 Å². The van der Waals surface area contributed by atoms with E-state index in [1.807, 2.05) is 0 Å². The molecule has 0 bridgehead atoms. The second-order valence-electron chi connectivity index (χ2n) is 5.81. The molecule has 0 radical (unpaired) electrons. The average Bonchev–Trinajstić information content (AvgIpc) is 2.80. The molecular weight excluding hydrogens is 384 g/mol. The Hall–Kier alpha value is -0.640. The lowest BCUT2D eigenvalue weighted by Gasteiger charge is -2.46. The van der Waals surface area contributed by atoms with E-state index in [1.54, 1.807) is 0 Å². The zero-order valence-corrected chi connectivity index (χ0v) is 15.4. The third-order valence-electron chi connectivity index (χ3n) is 4.06. The topological polar surface area (TPSA) is 178 Å². The van der Waals surface area contributed by atoms with Crippen molar-refractivity contribution in [2.24, 2.45) is 5.14 Å². The molecule has 6 N–H and O–H groups in total. The summed E-state index contributed by atoms with van der Waals surface area (Å²) >= 11 is 0.372. The molecule has 10 nitrogen and oxygen atoms in total. The van der Waals surface area contributed by atoms with Crippen LogP contribution in [0, 0.1) is 0 Å². The summed E-state index contributed by atoms with van der Waals surface area (Å²) in [6.45, 7) is 1.96. The lowest BCUT2D eigenvalue weighted by atomic mass is 9.95. The summed E-state index contributed by atoms with van der Waals surface area (Å²) in [5.74, 6) is -5.45. The van der Waals surface area contributed by atoms with Gasteiger partial charge in [-0.2, -0.15) is 0 Å². The maximum absolute atomic E-state index is 12.5. The predicted octanol–water partition coefficient (Wildman–Crippen LogP) is -2.12. The van der Waals surface area contributed by atoms with Crippen molar-refractivity contribution in [1.82, 2.24) is 4.90 Å². The van der Waals surface area contributed by atoms with Gasteiger partial charge in [0.25, 0.3) is 0 Å². The first-order valence-corrected chi connectivity index (χ1v) is 10.5. The van der Waals surface area contributed by atoms with Crippen molar-refractivity contribution < 1.29 is 37.3 Å². The second-order valence-corrected chi connectivity index (χ2v) is 11.1. The number of hydrogen-bond acceptors (Lipinski definition) is 10. The van der Waals surface area contributed by atoms with Crippen LogP contribution in [0.4, 0.5) is 0 Å². The second kappa shape index (κ2) is 5.43. The number of aliphatic hydroxyl groups is 4. The lowest BCUT2D eigenvalue weighted by Crippen LogP contribution is -2.61. The molecule has 24 heavy (non-hydrogen) atoms. The van der Waals surface area contributed by atoms with E-state index in [4.69, 9.17) is 5.14 Å². The van der Waals surface area contributed by atoms with Gasteiger partial charge in [-0.15, -0.1) is 11.3 Å². The molecule has 0 saturated carbocycles. The standard InChI is InChI=1S/C11H18N2O8S3/c1-5-11(16,17)8(13(3)10(2,14)15)6-4-7(24(12,20)21)22-9(6)23(5,18)19/h4-5,8,14-17H,1-3H3,(H2,12,20,21). The summed E-state index contributed by atoms with van der Waals surface area (Å²) < 4.78 is 47.1. The fraction of sp³-hybridized carbons (Fsp3) is 0.636. The minimum atomic E-state index is -4.27. The van der Waals surface area contributed by atoms with Crippen LogP contribution in [0.15, 0.2) is 14.5 Å². The number of nitrogens with zero attached hydrogens (tertiary/aromatic N) is 1. The normalized spacial score (nSPS) is 26.4. The number of hydrogen-bond donors (Lipinski definition) is 5. The van der Waals surface area contributed by atoms with Crippen LogP contribution in [0.3, 0.4) is 0 Å². The molecule has 0 fully saturated rings. The van der Waals surface area contributed by atoms with Crippen LogP contribution in [0.25, 0.3) is 0 Å². The summed E-state index contributed by atoms with van der Waals surface area (Å²) in [4.78, 5) is 0.719. The Morgan fingerprint density at radius 1 is 1.38 bits per heavy atom. The quantitative estimate of drug-likeness (QED) is 0.354. The molecule has 0 aromatic carbocycles. The lowest BCUT2D eigenvalue weighted by molar-refractivity contribution is -0.302. The minimum absolute atomic E-state index is 0.288. The van der Waals surface area contributed by atoms with Gasteiger partial charge in [0.1, 0.15) is 13.7 Å². The number of primary sulfonamides is 1. The third kappa shape index (κ3) is 2.89. The number of sulfonamides is 1. The van der Waals surface area contributed by atoms with Gasteiger partial charge in [0.2, 0.25) is 21.7 Å². The Labute approximate surface area is 142 Å². The van der Waals surface area contributed by atoms with Crippen LogP contribution in [-0.4, -0.2) is 66.2 Å². The number of fused-ring (bicyclic) bond motifs is 1. The molecule has 2 rings (SSSR count). The van der Waals surface area contributed by atoms with Crippen LogP contribution in [0.1, 0.15) is 25.5 Å². The van der Waals surface area contributed by atoms with Gasteiger partial charge in [-0.1, -0.05) is 0 Å². The molecule has 0 spiro atoms. The summed E-state index contributed by atoms with van der Waals surface area (Å²) in [6, 6.07) is -0.731. The highest BCUT2D eigenvalue weighted by Gasteiger charge is 2.58. The van der Waals surface area contributed by atoms with Crippen LogP contribution in [-0.2, 0) is 19.9 Å². The van der Waals surface area contributed by atoms with E-state index in [0.717, 1.165) is 31.9 Å². The highest BCUT2D eigenvalue weighted by atomic mass is 32.3. The number of rotatable bonds is 3. The van der Waals surface area contributed by atoms with E-state index in [2.05, 4.69) is 0 Å². The van der Waals surface area contributed by atoms with Crippen molar-refractivity contribution in [1.29, 1.82) is 0 Å². The molecule has 2 heterocycles. The van der Waals surface area contributed by atoms with Gasteiger partial charge in [-0.05, 0) is 20.0 Å². The first-order valence-electron chi connectivity index (χ1n) is 6.55. The van der Waals surface area contributed by atoms with Crippen LogP contribution < -0.4 is 5.14 Å². The molecule has 13 heteroatoms. The van der Waals surface area contributed by atoms with Crippen molar-refractivity contribution in [3.8, 4) is 0 Å². The van der Waals surface area contributed by atoms with E-state index >= 15 is 0 Å². The van der Waals surface area contributed by atoms with Gasteiger partial charge in [0.05, 0.1) is 6.04 Å². The van der Waals surface area contributed by atoms with Crippen LogP contribution >= 0.6 is 11.3 Å². The van der Waals surface area contributed by atoms with Crippen molar-refractivity contribution in [3.05, 3.63) is 11.6 Å². The fourth-order valence-electron chi connectivity index (χ4n) is 2.50. The van der Waals surface area contributed by atoms with E-state index in [-0.39, 0.29) is 5.56 Å². The van der Waals surface area contributed by atoms with E-state index in [1.165, 1.54) is 0 Å². The predicted molar refractivity (Wildman–Crippen MR) is 82.9 cm³/mol. The highest BCUT2D eigenvalue weighted by molar-refractivity contribution is 7.95. The first-order chi connectivity index (χ1) is 10.5. The van der Waals surface area contributed by atoms with Crippen LogP contribution in [0.2, 0.25) is 0 Å². The molecule has 0 saturated heterocycles. The molecule has 2 atom stereocenters. The van der Waals surface area contributed by atoms with Gasteiger partial charge >= 0.3 is 0 Å². The third-order valence-corrected chi connectivity index (χ3v) is 9.40. The highest BCUT2D eigenvalue weighted by Crippen LogP contribution is 2.49. The molecule has 0 aliphatic carbocycles. The number of thiophene rings is 1. The molecule has 1 aliphatic heterocycles. The number of sulfone groups is 1. The van der Waals surface area contributed by atoms with E-state index in [9.17, 15) is 37.3 Å². The Morgan fingerprint density at radius 3 is 2.29 bits per heavy atom. The largest absolute Gasteiger partial charge is 0.363 e. The molecule has 0 amide bonds. The maximum atomic E-state index is 12.5. The Morgan fingerprint density at radius 2 is 1.88 bits per heavy atom. The zero-order chi connectivity index (χ0) is 18.9. The number of likely N-dealkylation sites (N-methyl/N-ethyl adjacent to an activating group) is 1. The fourth-order valence-corrected chi connectivity index (χ4v) is 6.89. The molecule has 1 aromatic heterocycles. The Kier molecular flexibility index (Phi) is 4.45. The van der Waals surface area contributed by atoms with Gasteiger partial charge in [-0.3, -0.25) is 0 Å². The summed E-state index contributed by atoms with van der Waals surface area (Å²) in [5, 5.41) is 43.5. The smallest absolute Gasteiger partial charge is 0.247 e. The van der Waals surface area contributed by atoms with Crippen molar-refractivity contribution in [3.63, 3.8) is 0 Å². The zero-order valence-electron chi connectivity index (χ0n) is 12.9.